The minimum absolute atomic E-state index is 0.0855. The molecule has 1 aliphatic heterocycles. The molecule has 1 aromatic carbocycles. The Morgan fingerprint density at radius 1 is 1.03 bits per heavy atom. The predicted molar refractivity (Wildman–Crippen MR) is 123 cm³/mol. The Hall–Kier alpha value is -2.15. The van der Waals surface area contributed by atoms with Crippen molar-refractivity contribution in [2.75, 3.05) is 47.0 Å². The van der Waals surface area contributed by atoms with E-state index in [0.29, 0.717) is 30.4 Å². The van der Waals surface area contributed by atoms with Crippen LogP contribution in [0.5, 0.6) is 17.2 Å². The summed E-state index contributed by atoms with van der Waals surface area (Å²) in [5.41, 5.74) is 1.09. The molecule has 2 rings (SSSR count). The van der Waals surface area contributed by atoms with E-state index in [1.165, 1.54) is 32.4 Å². The van der Waals surface area contributed by atoms with E-state index in [1.54, 1.807) is 14.2 Å². The van der Waals surface area contributed by atoms with Crippen molar-refractivity contribution < 1.29 is 14.2 Å². The highest BCUT2D eigenvalue weighted by Gasteiger charge is 2.27. The summed E-state index contributed by atoms with van der Waals surface area (Å²) in [5, 5.41) is 6.88. The van der Waals surface area contributed by atoms with Crippen LogP contribution in [0.2, 0.25) is 0 Å². The Morgan fingerprint density at radius 3 is 2.20 bits per heavy atom. The number of nitrogens with one attached hydrogen (secondary N) is 2. The third kappa shape index (κ3) is 6.69. The Labute approximate surface area is 182 Å². The molecule has 0 aliphatic carbocycles. The molecular weight excluding hydrogens is 380 g/mol. The first-order valence-electron chi connectivity index (χ1n) is 11.1. The van der Waals surface area contributed by atoms with Gasteiger partial charge in [0.1, 0.15) is 0 Å². The van der Waals surface area contributed by atoms with Crippen LogP contribution in [0.3, 0.4) is 0 Å². The first-order valence-corrected chi connectivity index (χ1v) is 11.1. The molecule has 7 nitrogen and oxygen atoms in total. The zero-order valence-electron chi connectivity index (χ0n) is 19.6. The molecule has 1 aliphatic rings. The maximum atomic E-state index is 5.69. The van der Waals surface area contributed by atoms with E-state index in [2.05, 4.69) is 36.3 Å². The quantitative estimate of drug-likeness (QED) is 0.447. The van der Waals surface area contributed by atoms with Crippen LogP contribution in [-0.4, -0.2) is 63.4 Å². The molecule has 0 amide bonds. The van der Waals surface area contributed by atoms with Crippen molar-refractivity contribution in [3.63, 3.8) is 0 Å². The van der Waals surface area contributed by atoms with Crippen molar-refractivity contribution in [1.29, 1.82) is 0 Å². The Balaban J connectivity index is 2.09. The number of rotatable bonds is 10. The van der Waals surface area contributed by atoms with E-state index in [1.807, 2.05) is 19.1 Å². The maximum absolute atomic E-state index is 5.69. The molecule has 30 heavy (non-hydrogen) atoms. The summed E-state index contributed by atoms with van der Waals surface area (Å²) >= 11 is 0. The van der Waals surface area contributed by atoms with Crippen LogP contribution in [0.25, 0.3) is 0 Å². The van der Waals surface area contributed by atoms with E-state index in [0.717, 1.165) is 24.6 Å². The second-order valence-electron chi connectivity index (χ2n) is 8.17. The standard InChI is InChI=1S/C23H40N4O3/c1-7-24-22(26-17-23(3,4)27-12-10-9-11-13-27)25-16-18-14-19(28-5)21(30-8-2)20(15-18)29-6/h14-15H,7-13,16-17H2,1-6H3,(H2,24,25,26). The van der Waals surface area contributed by atoms with Gasteiger partial charge in [0.25, 0.3) is 0 Å². The third-order valence-corrected chi connectivity index (χ3v) is 5.47. The molecule has 1 saturated heterocycles. The number of nitrogens with zero attached hydrogens (tertiary/aromatic N) is 2. The van der Waals surface area contributed by atoms with Gasteiger partial charge in [-0.15, -0.1) is 0 Å². The van der Waals surface area contributed by atoms with Gasteiger partial charge in [0.2, 0.25) is 5.75 Å². The molecule has 0 saturated carbocycles. The van der Waals surface area contributed by atoms with Gasteiger partial charge < -0.3 is 24.8 Å². The number of guanidine groups is 1. The number of likely N-dealkylation sites (tertiary alicyclic amines) is 1. The Bertz CT molecular complexity index is 660. The van der Waals surface area contributed by atoms with Gasteiger partial charge in [-0.3, -0.25) is 4.90 Å². The van der Waals surface area contributed by atoms with Gasteiger partial charge in [-0.05, 0) is 71.3 Å². The van der Waals surface area contributed by atoms with Gasteiger partial charge in [0.15, 0.2) is 17.5 Å². The number of ether oxygens (including phenoxy) is 3. The second kappa shape index (κ2) is 11.9. The topological polar surface area (TPSA) is 67.4 Å². The van der Waals surface area contributed by atoms with Crippen LogP contribution in [0.1, 0.15) is 52.5 Å². The lowest BCUT2D eigenvalue weighted by Crippen LogP contribution is -2.54. The second-order valence-corrected chi connectivity index (χ2v) is 8.17. The molecule has 0 bridgehead atoms. The van der Waals surface area contributed by atoms with Gasteiger partial charge >= 0.3 is 0 Å². The number of benzene rings is 1. The number of hydrogen-bond acceptors (Lipinski definition) is 5. The highest BCUT2D eigenvalue weighted by Crippen LogP contribution is 2.38. The van der Waals surface area contributed by atoms with Crippen molar-refractivity contribution in [3.05, 3.63) is 17.7 Å². The summed E-state index contributed by atoms with van der Waals surface area (Å²) < 4.78 is 16.7. The average molecular weight is 421 g/mol. The molecule has 1 heterocycles. The van der Waals surface area contributed by atoms with Gasteiger partial charge in [-0.2, -0.15) is 0 Å². The monoisotopic (exact) mass is 420 g/mol. The smallest absolute Gasteiger partial charge is 0.203 e. The lowest BCUT2D eigenvalue weighted by Gasteiger charge is -2.41. The summed E-state index contributed by atoms with van der Waals surface area (Å²) in [5.74, 6) is 2.76. The van der Waals surface area contributed by atoms with E-state index in [-0.39, 0.29) is 5.54 Å². The van der Waals surface area contributed by atoms with Gasteiger partial charge in [-0.1, -0.05) is 6.42 Å². The van der Waals surface area contributed by atoms with Crippen molar-refractivity contribution in [3.8, 4) is 17.2 Å². The SMILES string of the molecule is CCNC(=NCc1cc(OC)c(OCC)c(OC)c1)NCC(C)(C)N1CCCCC1. The molecule has 0 radical (unpaired) electrons. The Kier molecular flexibility index (Phi) is 9.56. The number of methoxy groups -OCH3 is 2. The molecule has 0 atom stereocenters. The van der Waals surface area contributed by atoms with Crippen LogP contribution in [0.4, 0.5) is 0 Å². The fourth-order valence-corrected chi connectivity index (χ4v) is 3.74. The zero-order valence-corrected chi connectivity index (χ0v) is 19.6. The van der Waals surface area contributed by atoms with Crippen LogP contribution in [0, 0.1) is 0 Å². The summed E-state index contributed by atoms with van der Waals surface area (Å²) in [4.78, 5) is 7.36. The van der Waals surface area contributed by atoms with Crippen molar-refractivity contribution in [2.45, 2.75) is 59.0 Å². The number of hydrogen-bond donors (Lipinski definition) is 2. The molecule has 0 spiro atoms. The van der Waals surface area contributed by atoms with E-state index < -0.39 is 0 Å². The van der Waals surface area contributed by atoms with Gasteiger partial charge in [-0.25, -0.2) is 4.99 Å². The van der Waals surface area contributed by atoms with Crippen molar-refractivity contribution in [1.82, 2.24) is 15.5 Å². The largest absolute Gasteiger partial charge is 0.493 e. The summed E-state index contributed by atoms with van der Waals surface area (Å²) in [7, 11) is 3.28. The summed E-state index contributed by atoms with van der Waals surface area (Å²) in [6.07, 6.45) is 3.93. The molecular formula is C23H40N4O3. The van der Waals surface area contributed by atoms with E-state index in [4.69, 9.17) is 19.2 Å². The first-order chi connectivity index (χ1) is 14.4. The average Bonchev–Trinajstić information content (AvgIpc) is 2.76. The highest BCUT2D eigenvalue weighted by molar-refractivity contribution is 5.79. The highest BCUT2D eigenvalue weighted by atomic mass is 16.5. The van der Waals surface area contributed by atoms with E-state index >= 15 is 0 Å². The summed E-state index contributed by atoms with van der Waals surface area (Å²) in [6.45, 7) is 13.7. The van der Waals surface area contributed by atoms with Gasteiger partial charge in [0, 0.05) is 18.6 Å². The first kappa shape index (κ1) is 24.1. The lowest BCUT2D eigenvalue weighted by molar-refractivity contribution is 0.0982. The predicted octanol–water partition coefficient (Wildman–Crippen LogP) is 3.42. The third-order valence-electron chi connectivity index (χ3n) is 5.47. The van der Waals surface area contributed by atoms with Gasteiger partial charge in [0.05, 0.1) is 27.4 Å². The number of piperidine rings is 1. The molecule has 1 aromatic rings. The molecule has 2 N–H and O–H groups in total. The molecule has 7 heteroatoms. The summed E-state index contributed by atoms with van der Waals surface area (Å²) in [6, 6.07) is 3.91. The molecule has 0 aromatic heterocycles. The molecule has 170 valence electrons. The Morgan fingerprint density at radius 2 is 1.67 bits per heavy atom. The number of aliphatic imine (C=N–C) groups is 1. The van der Waals surface area contributed by atoms with Crippen LogP contribution >= 0.6 is 0 Å². The lowest BCUT2D eigenvalue weighted by atomic mass is 9.98. The van der Waals surface area contributed by atoms with Crippen LogP contribution < -0.4 is 24.8 Å². The maximum Gasteiger partial charge on any atom is 0.203 e. The fourth-order valence-electron chi connectivity index (χ4n) is 3.74. The van der Waals surface area contributed by atoms with Crippen LogP contribution in [-0.2, 0) is 6.54 Å². The molecule has 1 fully saturated rings. The fraction of sp³-hybridized carbons (Fsp3) is 0.696. The molecule has 0 unspecified atom stereocenters. The normalized spacial score (nSPS) is 15.6. The minimum Gasteiger partial charge on any atom is -0.493 e. The van der Waals surface area contributed by atoms with E-state index in [9.17, 15) is 0 Å². The van der Waals surface area contributed by atoms with Crippen LogP contribution in [0.15, 0.2) is 17.1 Å². The van der Waals surface area contributed by atoms with Crippen molar-refractivity contribution in [2.24, 2.45) is 4.99 Å². The zero-order chi connectivity index (χ0) is 22.0. The minimum atomic E-state index is 0.0855. The van der Waals surface area contributed by atoms with Crippen molar-refractivity contribution >= 4 is 5.96 Å².